The van der Waals surface area contributed by atoms with Crippen LogP contribution in [0.3, 0.4) is 0 Å². The van der Waals surface area contributed by atoms with Crippen molar-refractivity contribution >= 4 is 79.1 Å². The first-order valence-corrected chi connectivity index (χ1v) is 14.6. The fraction of sp³-hybridized carbons (Fsp3) is 0. The zero-order valence-corrected chi connectivity index (χ0v) is 24.4. The van der Waals surface area contributed by atoms with E-state index in [1.807, 2.05) is 109 Å². The molecule has 0 aliphatic rings. The van der Waals surface area contributed by atoms with Crippen LogP contribution in [0, 0.1) is 11.5 Å². The monoisotopic (exact) mass is 594 g/mol. The number of rotatable bonds is 6. The van der Waals surface area contributed by atoms with Gasteiger partial charge in [-0.25, -0.2) is 4.57 Å². The van der Waals surface area contributed by atoms with Crippen molar-refractivity contribution in [1.82, 2.24) is 4.57 Å². The molecule has 6 aromatic carbocycles. The number of hydrogen-bond acceptors (Lipinski definition) is 3. The molecular weight excluding hydrogens is 571 g/mol. The van der Waals surface area contributed by atoms with E-state index in [-0.39, 0.29) is 0 Å². The summed E-state index contributed by atoms with van der Waals surface area (Å²) in [6.45, 7) is 0. The molecule has 206 valence electrons. The van der Waals surface area contributed by atoms with Crippen LogP contribution in [0.1, 0.15) is 0 Å². The van der Waals surface area contributed by atoms with Crippen molar-refractivity contribution in [3.05, 3.63) is 156 Å². The molecule has 1 heterocycles. The molecule has 0 saturated heterocycles. The van der Waals surface area contributed by atoms with Crippen LogP contribution >= 0.6 is 23.2 Å². The fourth-order valence-electron chi connectivity index (χ4n) is 5.66. The van der Waals surface area contributed by atoms with Crippen LogP contribution < -0.4 is 9.80 Å². The molecule has 0 bridgehead atoms. The van der Waals surface area contributed by atoms with E-state index >= 15 is 0 Å². The van der Waals surface area contributed by atoms with E-state index in [4.69, 9.17) is 23.2 Å². The zero-order chi connectivity index (χ0) is 29.3. The molecule has 0 spiro atoms. The van der Waals surface area contributed by atoms with E-state index in [1.54, 1.807) is 4.57 Å². The Morgan fingerprint density at radius 2 is 0.837 bits per heavy atom. The summed E-state index contributed by atoms with van der Waals surface area (Å²) in [4.78, 5) is 4.35. The number of benzene rings is 6. The molecule has 43 heavy (non-hydrogen) atoms. The third-order valence-corrected chi connectivity index (χ3v) is 7.98. The number of nitriles is 1. The van der Waals surface area contributed by atoms with E-state index < -0.39 is 0 Å². The van der Waals surface area contributed by atoms with Gasteiger partial charge in [-0.1, -0.05) is 71.7 Å². The lowest BCUT2D eigenvalue weighted by Crippen LogP contribution is -2.10. The Balaban J connectivity index is 1.46. The summed E-state index contributed by atoms with van der Waals surface area (Å²) in [7, 11) is 0. The normalized spacial score (nSPS) is 11.0. The minimum absolute atomic E-state index is 0.659. The van der Waals surface area contributed by atoms with Crippen LogP contribution in [-0.2, 0) is 0 Å². The van der Waals surface area contributed by atoms with Gasteiger partial charge in [-0.3, -0.25) is 0 Å². The van der Waals surface area contributed by atoms with Gasteiger partial charge in [0.15, 0.2) is 6.19 Å². The lowest BCUT2D eigenvalue weighted by molar-refractivity contribution is 1.20. The van der Waals surface area contributed by atoms with Gasteiger partial charge in [0.2, 0.25) is 0 Å². The van der Waals surface area contributed by atoms with Gasteiger partial charge < -0.3 is 9.80 Å². The molecule has 6 heteroatoms. The van der Waals surface area contributed by atoms with Gasteiger partial charge in [-0.15, -0.1) is 0 Å². The highest BCUT2D eigenvalue weighted by molar-refractivity contribution is 6.31. The summed E-state index contributed by atoms with van der Waals surface area (Å²) in [5.41, 5.74) is 7.49. The minimum atomic E-state index is 0.659. The molecule has 0 fully saturated rings. The minimum Gasteiger partial charge on any atom is -0.310 e. The van der Waals surface area contributed by atoms with Crippen molar-refractivity contribution < 1.29 is 0 Å². The number of nitrogens with zero attached hydrogens (tertiary/aromatic N) is 4. The van der Waals surface area contributed by atoms with Crippen molar-refractivity contribution in [2.45, 2.75) is 0 Å². The van der Waals surface area contributed by atoms with E-state index in [0.29, 0.717) is 10.0 Å². The summed E-state index contributed by atoms with van der Waals surface area (Å²) in [6.07, 6.45) is 2.39. The molecule has 0 amide bonds. The van der Waals surface area contributed by atoms with Crippen molar-refractivity contribution in [3.8, 4) is 6.19 Å². The van der Waals surface area contributed by atoms with Crippen LogP contribution in [0.15, 0.2) is 146 Å². The van der Waals surface area contributed by atoms with Gasteiger partial charge in [-0.2, -0.15) is 5.26 Å². The van der Waals surface area contributed by atoms with Gasteiger partial charge >= 0.3 is 0 Å². The first kappa shape index (κ1) is 26.7. The SMILES string of the molecule is N#Cn1c2ccc(N(c3ccccc3)c3cccc(Cl)c3)cc2c2cc(N(c3ccccc3)c3cccc(Cl)c3)ccc21. The maximum absolute atomic E-state index is 10.2. The molecule has 7 aromatic rings. The molecule has 0 saturated carbocycles. The Bertz CT molecular complexity index is 1990. The van der Waals surface area contributed by atoms with E-state index in [1.165, 1.54) is 0 Å². The molecular formula is C37H24Cl2N4. The van der Waals surface area contributed by atoms with Gasteiger partial charge in [0.1, 0.15) is 0 Å². The molecule has 0 N–H and O–H groups in total. The van der Waals surface area contributed by atoms with E-state index in [0.717, 1.165) is 55.9 Å². The third kappa shape index (κ3) is 4.96. The second-order valence-electron chi connectivity index (χ2n) is 10.1. The molecule has 0 atom stereocenters. The van der Waals surface area contributed by atoms with Crippen LogP contribution in [-0.4, -0.2) is 4.57 Å². The second kappa shape index (κ2) is 11.2. The predicted octanol–water partition coefficient (Wildman–Crippen LogP) is 11.4. The highest BCUT2D eigenvalue weighted by Crippen LogP contribution is 2.42. The van der Waals surface area contributed by atoms with Crippen molar-refractivity contribution in [2.24, 2.45) is 0 Å². The third-order valence-electron chi connectivity index (χ3n) is 7.51. The Morgan fingerprint density at radius 1 is 0.442 bits per heavy atom. The average Bonchev–Trinajstić information content (AvgIpc) is 3.35. The first-order valence-electron chi connectivity index (χ1n) is 13.8. The Kier molecular flexibility index (Phi) is 6.96. The maximum atomic E-state index is 10.2. The Labute approximate surface area is 259 Å². The molecule has 0 aliphatic carbocycles. The predicted molar refractivity (Wildman–Crippen MR) is 180 cm³/mol. The van der Waals surface area contributed by atoms with E-state index in [2.05, 4.69) is 52.4 Å². The van der Waals surface area contributed by atoms with E-state index in [9.17, 15) is 5.26 Å². The van der Waals surface area contributed by atoms with Crippen LogP contribution in [0.2, 0.25) is 10.0 Å². The lowest BCUT2D eigenvalue weighted by atomic mass is 10.1. The smallest absolute Gasteiger partial charge is 0.189 e. The van der Waals surface area contributed by atoms with Gasteiger partial charge in [0.05, 0.1) is 11.0 Å². The van der Waals surface area contributed by atoms with Gasteiger partial charge in [0.25, 0.3) is 0 Å². The molecule has 4 nitrogen and oxygen atoms in total. The van der Waals surface area contributed by atoms with Crippen molar-refractivity contribution in [1.29, 1.82) is 5.26 Å². The molecule has 7 rings (SSSR count). The maximum Gasteiger partial charge on any atom is 0.189 e. The van der Waals surface area contributed by atoms with Crippen LogP contribution in [0.5, 0.6) is 0 Å². The molecule has 0 radical (unpaired) electrons. The molecule has 1 aromatic heterocycles. The topological polar surface area (TPSA) is 35.2 Å². The average molecular weight is 596 g/mol. The number of halogens is 2. The summed E-state index contributed by atoms with van der Waals surface area (Å²) in [5.74, 6) is 0. The summed E-state index contributed by atoms with van der Waals surface area (Å²) < 4.78 is 1.69. The molecule has 0 unspecified atom stereocenters. The van der Waals surface area contributed by atoms with Gasteiger partial charge in [0, 0.05) is 54.9 Å². The molecule has 0 aliphatic heterocycles. The van der Waals surface area contributed by atoms with Crippen LogP contribution in [0.4, 0.5) is 34.1 Å². The highest BCUT2D eigenvalue weighted by Gasteiger charge is 2.19. The number of para-hydroxylation sites is 2. The lowest BCUT2D eigenvalue weighted by Gasteiger charge is -2.26. The van der Waals surface area contributed by atoms with Crippen LogP contribution in [0.25, 0.3) is 21.8 Å². The number of hydrogen-bond donors (Lipinski definition) is 0. The number of fused-ring (bicyclic) bond motifs is 3. The zero-order valence-electron chi connectivity index (χ0n) is 22.9. The Morgan fingerprint density at radius 3 is 1.23 bits per heavy atom. The van der Waals surface area contributed by atoms with Crippen molar-refractivity contribution in [3.63, 3.8) is 0 Å². The summed E-state index contributed by atoms with van der Waals surface area (Å²) in [5, 5.41) is 13.5. The fourth-order valence-corrected chi connectivity index (χ4v) is 6.03. The summed E-state index contributed by atoms with van der Waals surface area (Å²) >= 11 is 12.9. The standard InChI is InChI=1S/C37H24Cl2N4/c38-26-9-7-15-30(21-26)42(28-11-3-1-4-12-28)32-17-19-36-34(23-32)35-24-33(18-20-37(35)41(36)25-40)43(29-13-5-2-6-14-29)31-16-8-10-27(39)22-31/h1-24H. The quantitative estimate of drug-likeness (QED) is 0.192. The first-order chi connectivity index (χ1) is 21.1. The number of aromatic nitrogens is 1. The second-order valence-corrected chi connectivity index (χ2v) is 11.0. The largest absolute Gasteiger partial charge is 0.310 e. The van der Waals surface area contributed by atoms with Crippen molar-refractivity contribution in [2.75, 3.05) is 9.80 Å². The summed E-state index contributed by atoms with van der Waals surface area (Å²) in [6, 6.07) is 48.5. The number of anilines is 6. The van der Waals surface area contributed by atoms with Gasteiger partial charge in [-0.05, 0) is 97.1 Å². The highest BCUT2D eigenvalue weighted by atomic mass is 35.5. The Hall–Kier alpha value is -5.21.